The van der Waals surface area contributed by atoms with E-state index < -0.39 is 28.5 Å². The molecule has 0 fully saturated rings. The number of rotatable bonds is 13. The van der Waals surface area contributed by atoms with Crippen molar-refractivity contribution in [3.63, 3.8) is 0 Å². The van der Waals surface area contributed by atoms with Gasteiger partial charge in [-0.05, 0) is 49.6 Å². The zero-order valence-electron chi connectivity index (χ0n) is 22.2. The molecule has 0 aliphatic heterocycles. The quantitative estimate of drug-likeness (QED) is 0.404. The molecule has 11 heteroatoms. The Morgan fingerprint density at radius 2 is 1.68 bits per heavy atom. The van der Waals surface area contributed by atoms with Gasteiger partial charge in [0.1, 0.15) is 24.1 Å². The van der Waals surface area contributed by atoms with Gasteiger partial charge in [0.25, 0.3) is 0 Å². The first kappa shape index (κ1) is 30.2. The Hall–Kier alpha value is -2.98. The zero-order chi connectivity index (χ0) is 27.8. The van der Waals surface area contributed by atoms with Gasteiger partial charge in [0, 0.05) is 23.7 Å². The first-order chi connectivity index (χ1) is 17.4. The molecule has 2 aromatic rings. The maximum Gasteiger partial charge on any atom is 0.244 e. The van der Waals surface area contributed by atoms with Crippen molar-refractivity contribution in [2.75, 3.05) is 31.3 Å². The lowest BCUT2D eigenvalue weighted by molar-refractivity contribution is -0.140. The molecule has 2 atom stereocenters. The topological polar surface area (TPSA) is 105 Å². The molecule has 0 aliphatic carbocycles. The van der Waals surface area contributed by atoms with Crippen LogP contribution < -0.4 is 19.1 Å². The molecule has 0 saturated carbocycles. The standard InChI is InChI=1S/C26H36ClN3O6S/c1-7-18(3)28-26(32)22(8-2)29(16-19-9-11-20(27)12-10-19)25(31)17-30(37(6,33)34)23-14-13-21(35-4)15-24(23)36-5/h9-15,18,22H,7-8,16-17H2,1-6H3,(H,28,32). The summed E-state index contributed by atoms with van der Waals surface area (Å²) in [6.07, 6.45) is 2.08. The first-order valence-corrected chi connectivity index (χ1v) is 14.2. The number of carbonyl (C=O) groups excluding carboxylic acids is 2. The number of hydrogen-bond donors (Lipinski definition) is 1. The van der Waals surface area contributed by atoms with Gasteiger partial charge in [0.15, 0.2) is 0 Å². The monoisotopic (exact) mass is 553 g/mol. The van der Waals surface area contributed by atoms with E-state index in [-0.39, 0.29) is 29.9 Å². The van der Waals surface area contributed by atoms with Gasteiger partial charge in [0.2, 0.25) is 21.8 Å². The molecule has 9 nitrogen and oxygen atoms in total. The van der Waals surface area contributed by atoms with Crippen LogP contribution in [-0.4, -0.2) is 64.2 Å². The van der Waals surface area contributed by atoms with Gasteiger partial charge in [-0.1, -0.05) is 37.6 Å². The fourth-order valence-corrected chi connectivity index (χ4v) is 4.71. The van der Waals surface area contributed by atoms with Crippen LogP contribution in [0.3, 0.4) is 0 Å². The number of halogens is 1. The highest BCUT2D eigenvalue weighted by atomic mass is 35.5. The van der Waals surface area contributed by atoms with Crippen molar-refractivity contribution in [1.82, 2.24) is 10.2 Å². The lowest BCUT2D eigenvalue weighted by Crippen LogP contribution is -2.53. The molecule has 0 saturated heterocycles. The van der Waals surface area contributed by atoms with Crippen molar-refractivity contribution in [1.29, 1.82) is 0 Å². The molecule has 0 radical (unpaired) electrons. The van der Waals surface area contributed by atoms with Crippen LogP contribution in [-0.2, 0) is 26.2 Å². The number of carbonyl (C=O) groups is 2. The van der Waals surface area contributed by atoms with E-state index in [9.17, 15) is 18.0 Å². The van der Waals surface area contributed by atoms with Gasteiger partial charge in [-0.15, -0.1) is 0 Å². The molecular weight excluding hydrogens is 518 g/mol. The van der Waals surface area contributed by atoms with Crippen LogP contribution in [0.25, 0.3) is 0 Å². The van der Waals surface area contributed by atoms with Crippen LogP contribution >= 0.6 is 11.6 Å². The molecule has 37 heavy (non-hydrogen) atoms. The highest BCUT2D eigenvalue weighted by molar-refractivity contribution is 7.92. The van der Waals surface area contributed by atoms with Gasteiger partial charge in [-0.25, -0.2) is 8.42 Å². The summed E-state index contributed by atoms with van der Waals surface area (Å²) in [5.41, 5.74) is 0.933. The van der Waals surface area contributed by atoms with Crippen molar-refractivity contribution in [2.45, 2.75) is 52.2 Å². The first-order valence-electron chi connectivity index (χ1n) is 12.0. The minimum absolute atomic E-state index is 0.0786. The number of nitrogens with zero attached hydrogens (tertiary/aromatic N) is 2. The number of amides is 2. The zero-order valence-corrected chi connectivity index (χ0v) is 23.7. The Kier molecular flexibility index (Phi) is 11.1. The summed E-state index contributed by atoms with van der Waals surface area (Å²) in [7, 11) is -1.02. The smallest absolute Gasteiger partial charge is 0.244 e. The van der Waals surface area contributed by atoms with E-state index in [0.29, 0.717) is 17.2 Å². The fourth-order valence-electron chi connectivity index (χ4n) is 3.73. The Balaban J connectivity index is 2.50. The molecule has 2 unspecified atom stereocenters. The Labute approximate surface area is 224 Å². The summed E-state index contributed by atoms with van der Waals surface area (Å²) < 4.78 is 37.3. The van der Waals surface area contributed by atoms with Gasteiger partial charge in [0.05, 0.1) is 26.2 Å². The summed E-state index contributed by atoms with van der Waals surface area (Å²) >= 11 is 6.02. The summed E-state index contributed by atoms with van der Waals surface area (Å²) in [6.45, 7) is 5.22. The van der Waals surface area contributed by atoms with Crippen LogP contribution in [0.15, 0.2) is 42.5 Å². The van der Waals surface area contributed by atoms with Crippen molar-refractivity contribution in [3.05, 3.63) is 53.1 Å². The van der Waals surface area contributed by atoms with E-state index in [2.05, 4.69) is 5.32 Å². The van der Waals surface area contributed by atoms with Crippen molar-refractivity contribution >= 4 is 39.1 Å². The molecule has 2 rings (SSSR count). The summed E-state index contributed by atoms with van der Waals surface area (Å²) in [5, 5.41) is 3.48. The molecule has 0 bridgehead atoms. The third-order valence-electron chi connectivity index (χ3n) is 5.99. The van der Waals surface area contributed by atoms with E-state index in [1.807, 2.05) is 20.8 Å². The number of benzene rings is 2. The number of ether oxygens (including phenoxy) is 2. The van der Waals surface area contributed by atoms with Crippen molar-refractivity contribution in [2.24, 2.45) is 0 Å². The van der Waals surface area contributed by atoms with Gasteiger partial charge in [-0.2, -0.15) is 0 Å². The van der Waals surface area contributed by atoms with E-state index in [4.69, 9.17) is 21.1 Å². The lowest BCUT2D eigenvalue weighted by atomic mass is 10.1. The van der Waals surface area contributed by atoms with Gasteiger partial charge in [-0.3, -0.25) is 13.9 Å². The normalized spacial score (nSPS) is 12.8. The fraction of sp³-hybridized carbons (Fsp3) is 0.462. The molecule has 0 heterocycles. The number of anilines is 1. The number of nitrogens with one attached hydrogen (secondary N) is 1. The highest BCUT2D eigenvalue weighted by Gasteiger charge is 2.33. The van der Waals surface area contributed by atoms with E-state index in [1.54, 1.807) is 30.3 Å². The molecule has 0 aliphatic rings. The van der Waals surface area contributed by atoms with E-state index >= 15 is 0 Å². The second-order valence-electron chi connectivity index (χ2n) is 8.70. The van der Waals surface area contributed by atoms with Crippen LogP contribution in [0.1, 0.15) is 39.2 Å². The third kappa shape index (κ3) is 8.26. The van der Waals surface area contributed by atoms with Crippen LogP contribution in [0, 0.1) is 0 Å². The maximum absolute atomic E-state index is 13.8. The summed E-state index contributed by atoms with van der Waals surface area (Å²) in [4.78, 5) is 28.4. The summed E-state index contributed by atoms with van der Waals surface area (Å²) in [6, 6.07) is 10.7. The van der Waals surface area contributed by atoms with E-state index in [1.165, 1.54) is 31.3 Å². The molecule has 204 valence electrons. The number of sulfonamides is 1. The third-order valence-corrected chi connectivity index (χ3v) is 7.37. The predicted octanol–water partition coefficient (Wildman–Crippen LogP) is 3.85. The second-order valence-corrected chi connectivity index (χ2v) is 11.0. The van der Waals surface area contributed by atoms with Crippen LogP contribution in [0.5, 0.6) is 11.5 Å². The molecule has 1 N–H and O–H groups in total. The Morgan fingerprint density at radius 3 is 2.19 bits per heavy atom. The number of hydrogen-bond acceptors (Lipinski definition) is 6. The number of methoxy groups -OCH3 is 2. The Morgan fingerprint density at radius 1 is 1.03 bits per heavy atom. The minimum Gasteiger partial charge on any atom is -0.497 e. The lowest BCUT2D eigenvalue weighted by Gasteiger charge is -2.33. The average molecular weight is 554 g/mol. The van der Waals surface area contributed by atoms with E-state index in [0.717, 1.165) is 22.5 Å². The minimum atomic E-state index is -3.91. The molecule has 2 amide bonds. The van der Waals surface area contributed by atoms with Gasteiger partial charge >= 0.3 is 0 Å². The largest absolute Gasteiger partial charge is 0.497 e. The molecular formula is C26H36ClN3O6S. The molecule has 2 aromatic carbocycles. The van der Waals surface area contributed by atoms with Crippen LogP contribution in [0.2, 0.25) is 5.02 Å². The predicted molar refractivity (Wildman–Crippen MR) is 146 cm³/mol. The summed E-state index contributed by atoms with van der Waals surface area (Å²) in [5.74, 6) is -0.141. The molecule has 0 spiro atoms. The maximum atomic E-state index is 13.8. The molecule has 0 aromatic heterocycles. The SMILES string of the molecule is CCC(C)NC(=O)C(CC)N(Cc1ccc(Cl)cc1)C(=O)CN(c1ccc(OC)cc1OC)S(C)(=O)=O. The van der Waals surface area contributed by atoms with Crippen molar-refractivity contribution in [3.8, 4) is 11.5 Å². The second kappa shape index (κ2) is 13.5. The average Bonchev–Trinajstić information content (AvgIpc) is 2.86. The van der Waals surface area contributed by atoms with Gasteiger partial charge < -0.3 is 19.7 Å². The van der Waals surface area contributed by atoms with Crippen molar-refractivity contribution < 1.29 is 27.5 Å². The Bertz CT molecular complexity index is 1170. The highest BCUT2D eigenvalue weighted by Crippen LogP contribution is 2.33. The van der Waals surface area contributed by atoms with Crippen LogP contribution in [0.4, 0.5) is 5.69 Å².